The Morgan fingerprint density at radius 3 is 2.30 bits per heavy atom. The molecular formula is C14H16F3N3O3. The van der Waals surface area contributed by atoms with Crippen molar-refractivity contribution in [2.24, 2.45) is 0 Å². The van der Waals surface area contributed by atoms with E-state index in [2.05, 4.69) is 10.6 Å². The molecule has 23 heavy (non-hydrogen) atoms. The Morgan fingerprint density at radius 2 is 1.83 bits per heavy atom. The lowest BCUT2D eigenvalue weighted by molar-refractivity contribution is -0.137. The third-order valence-electron chi connectivity index (χ3n) is 3.57. The van der Waals surface area contributed by atoms with Gasteiger partial charge in [0.15, 0.2) is 0 Å². The second-order valence-electron chi connectivity index (χ2n) is 5.34. The second kappa shape index (κ2) is 6.35. The first-order valence-electron chi connectivity index (χ1n) is 6.89. The molecule has 1 aliphatic rings. The minimum atomic E-state index is -4.39. The maximum Gasteiger partial charge on any atom is 0.416 e. The molecule has 0 aromatic heterocycles. The highest BCUT2D eigenvalue weighted by Crippen LogP contribution is 2.29. The zero-order chi connectivity index (χ0) is 17.2. The Balaban J connectivity index is 1.86. The van der Waals surface area contributed by atoms with Gasteiger partial charge in [0.1, 0.15) is 0 Å². The largest absolute Gasteiger partial charge is 0.465 e. The van der Waals surface area contributed by atoms with Crippen molar-refractivity contribution >= 4 is 12.1 Å². The number of urea groups is 1. The fraction of sp³-hybridized carbons (Fsp3) is 0.429. The van der Waals surface area contributed by atoms with E-state index in [4.69, 9.17) is 5.11 Å². The molecule has 1 fully saturated rings. The van der Waals surface area contributed by atoms with E-state index in [0.29, 0.717) is 5.56 Å². The van der Waals surface area contributed by atoms with Gasteiger partial charge in [-0.1, -0.05) is 12.1 Å². The number of nitrogens with one attached hydrogen (secondary N) is 2. The Bertz CT molecular complexity index is 583. The summed E-state index contributed by atoms with van der Waals surface area (Å²) >= 11 is 0. The summed E-state index contributed by atoms with van der Waals surface area (Å²) < 4.78 is 37.5. The van der Waals surface area contributed by atoms with Gasteiger partial charge >= 0.3 is 18.3 Å². The molecule has 1 aromatic rings. The molecule has 0 spiro atoms. The van der Waals surface area contributed by atoms with E-state index < -0.39 is 23.9 Å². The van der Waals surface area contributed by atoms with Crippen LogP contribution in [0.1, 0.15) is 24.1 Å². The monoisotopic (exact) mass is 331 g/mol. The maximum atomic E-state index is 12.5. The Labute approximate surface area is 130 Å². The van der Waals surface area contributed by atoms with Crippen LogP contribution in [-0.2, 0) is 6.18 Å². The van der Waals surface area contributed by atoms with Gasteiger partial charge < -0.3 is 20.6 Å². The van der Waals surface area contributed by atoms with Gasteiger partial charge in [0, 0.05) is 13.1 Å². The van der Waals surface area contributed by atoms with Gasteiger partial charge in [0.2, 0.25) is 0 Å². The number of likely N-dealkylation sites (tertiary alicyclic amines) is 1. The maximum absolute atomic E-state index is 12.5. The predicted molar refractivity (Wildman–Crippen MR) is 74.9 cm³/mol. The standard InChI is InChI=1S/C14H16F3N3O3/c1-8(9-2-4-10(5-3-9)14(15,16)17)18-12(21)20-6-11(7-20)19-13(22)23/h2-5,8,11,19H,6-7H2,1H3,(H,18,21)(H,22,23). The molecule has 1 aromatic carbocycles. The van der Waals surface area contributed by atoms with Crippen LogP contribution in [-0.4, -0.2) is 41.3 Å². The quantitative estimate of drug-likeness (QED) is 0.796. The second-order valence-corrected chi connectivity index (χ2v) is 5.34. The molecule has 0 bridgehead atoms. The van der Waals surface area contributed by atoms with Crippen molar-refractivity contribution in [1.82, 2.24) is 15.5 Å². The number of alkyl halides is 3. The van der Waals surface area contributed by atoms with Crippen LogP contribution in [0.3, 0.4) is 0 Å². The van der Waals surface area contributed by atoms with Crippen molar-refractivity contribution in [2.75, 3.05) is 13.1 Å². The summed E-state index contributed by atoms with van der Waals surface area (Å²) in [7, 11) is 0. The van der Waals surface area contributed by atoms with Crippen molar-refractivity contribution < 1.29 is 27.9 Å². The molecule has 126 valence electrons. The molecule has 0 aliphatic carbocycles. The van der Waals surface area contributed by atoms with Crippen LogP contribution in [0.4, 0.5) is 22.8 Å². The number of halogens is 3. The molecule has 9 heteroatoms. The summed E-state index contributed by atoms with van der Waals surface area (Å²) in [5, 5.41) is 13.5. The lowest BCUT2D eigenvalue weighted by atomic mass is 10.1. The van der Waals surface area contributed by atoms with Gasteiger partial charge in [0.25, 0.3) is 0 Å². The summed E-state index contributed by atoms with van der Waals surface area (Å²) in [6.07, 6.45) is -5.54. The summed E-state index contributed by atoms with van der Waals surface area (Å²) in [6.45, 7) is 2.18. The molecule has 6 nitrogen and oxygen atoms in total. The molecular weight excluding hydrogens is 315 g/mol. The van der Waals surface area contributed by atoms with Crippen LogP contribution >= 0.6 is 0 Å². The number of carbonyl (C=O) groups is 2. The zero-order valence-electron chi connectivity index (χ0n) is 12.2. The van der Waals surface area contributed by atoms with E-state index in [1.807, 2.05) is 0 Å². The van der Waals surface area contributed by atoms with Gasteiger partial charge in [-0.15, -0.1) is 0 Å². The number of rotatable bonds is 3. The number of nitrogens with zero attached hydrogens (tertiary/aromatic N) is 1. The SMILES string of the molecule is CC(NC(=O)N1CC(NC(=O)O)C1)c1ccc(C(F)(F)F)cc1. The summed E-state index contributed by atoms with van der Waals surface area (Å²) in [6, 6.07) is 3.43. The fourth-order valence-corrected chi connectivity index (χ4v) is 2.23. The van der Waals surface area contributed by atoms with Crippen LogP contribution in [0, 0.1) is 0 Å². The number of carbonyl (C=O) groups excluding carboxylic acids is 1. The molecule has 1 unspecified atom stereocenters. The van der Waals surface area contributed by atoms with Crippen molar-refractivity contribution in [3.8, 4) is 0 Å². The lowest BCUT2D eigenvalue weighted by Gasteiger charge is -2.39. The van der Waals surface area contributed by atoms with Gasteiger partial charge in [-0.3, -0.25) is 0 Å². The molecule has 2 rings (SSSR count). The Kier molecular flexibility index (Phi) is 4.67. The first-order chi connectivity index (χ1) is 10.7. The highest BCUT2D eigenvalue weighted by atomic mass is 19.4. The van der Waals surface area contributed by atoms with Crippen LogP contribution in [0.15, 0.2) is 24.3 Å². The van der Waals surface area contributed by atoms with E-state index in [0.717, 1.165) is 12.1 Å². The number of hydrogen-bond acceptors (Lipinski definition) is 2. The van der Waals surface area contributed by atoms with E-state index >= 15 is 0 Å². The fourth-order valence-electron chi connectivity index (χ4n) is 2.23. The third-order valence-corrected chi connectivity index (χ3v) is 3.57. The molecule has 0 saturated carbocycles. The summed E-state index contributed by atoms with van der Waals surface area (Å²) in [5.41, 5.74) is -0.197. The Morgan fingerprint density at radius 1 is 1.26 bits per heavy atom. The molecule has 0 radical (unpaired) electrons. The number of amides is 3. The van der Waals surface area contributed by atoms with Gasteiger partial charge in [0.05, 0.1) is 17.6 Å². The topological polar surface area (TPSA) is 81.7 Å². The van der Waals surface area contributed by atoms with Crippen LogP contribution in [0.2, 0.25) is 0 Å². The highest BCUT2D eigenvalue weighted by Gasteiger charge is 2.33. The Hall–Kier alpha value is -2.45. The first kappa shape index (κ1) is 16.9. The van der Waals surface area contributed by atoms with E-state index in [1.54, 1.807) is 6.92 Å². The predicted octanol–water partition coefficient (Wildman–Crippen LogP) is 2.43. The van der Waals surface area contributed by atoms with Crippen LogP contribution < -0.4 is 10.6 Å². The molecule has 1 heterocycles. The number of hydrogen-bond donors (Lipinski definition) is 3. The van der Waals surface area contributed by atoms with E-state index in [-0.39, 0.29) is 25.2 Å². The minimum absolute atomic E-state index is 0.262. The first-order valence-corrected chi connectivity index (χ1v) is 6.89. The van der Waals surface area contributed by atoms with Crippen LogP contribution in [0.5, 0.6) is 0 Å². The van der Waals surface area contributed by atoms with E-state index in [1.165, 1.54) is 17.0 Å². The highest BCUT2D eigenvalue weighted by molar-refractivity contribution is 5.76. The molecule has 3 amide bonds. The van der Waals surface area contributed by atoms with Crippen molar-refractivity contribution in [3.05, 3.63) is 35.4 Å². The van der Waals surface area contributed by atoms with Gasteiger partial charge in [-0.05, 0) is 24.6 Å². The smallest absolute Gasteiger partial charge is 0.416 e. The van der Waals surface area contributed by atoms with Crippen LogP contribution in [0.25, 0.3) is 0 Å². The summed E-state index contributed by atoms with van der Waals surface area (Å²) in [4.78, 5) is 23.8. The summed E-state index contributed by atoms with van der Waals surface area (Å²) in [5.74, 6) is 0. The lowest BCUT2D eigenvalue weighted by Crippen LogP contribution is -2.62. The van der Waals surface area contributed by atoms with Crippen molar-refractivity contribution in [2.45, 2.75) is 25.2 Å². The van der Waals surface area contributed by atoms with E-state index in [9.17, 15) is 22.8 Å². The van der Waals surface area contributed by atoms with Gasteiger partial charge in [-0.2, -0.15) is 13.2 Å². The zero-order valence-corrected chi connectivity index (χ0v) is 12.2. The number of benzene rings is 1. The number of carboxylic acid groups (broad SMARTS) is 1. The van der Waals surface area contributed by atoms with Crippen molar-refractivity contribution in [3.63, 3.8) is 0 Å². The molecule has 1 atom stereocenters. The molecule has 1 saturated heterocycles. The minimum Gasteiger partial charge on any atom is -0.465 e. The van der Waals surface area contributed by atoms with Crippen molar-refractivity contribution in [1.29, 1.82) is 0 Å². The molecule has 3 N–H and O–H groups in total. The average Bonchev–Trinajstić information content (AvgIpc) is 2.41. The third kappa shape index (κ3) is 4.27. The molecule has 1 aliphatic heterocycles. The average molecular weight is 331 g/mol. The van der Waals surface area contributed by atoms with Gasteiger partial charge in [-0.25, -0.2) is 9.59 Å². The normalized spacial score (nSPS) is 16.4.